The fourth-order valence-corrected chi connectivity index (χ4v) is 3.20. The maximum Gasteiger partial charge on any atom is 0.148 e. The maximum absolute atomic E-state index is 5.66. The number of nitrogens with zero attached hydrogens (tertiary/aromatic N) is 2. The first-order valence-electron chi connectivity index (χ1n) is 4.94. The smallest absolute Gasteiger partial charge is 0.143 e. The summed E-state index contributed by atoms with van der Waals surface area (Å²) in [7, 11) is 0. The van der Waals surface area contributed by atoms with Crippen LogP contribution in [0.5, 0.6) is 0 Å². The molecule has 0 spiro atoms. The number of rotatable bonds is 4. The quantitative estimate of drug-likeness (QED) is 0.606. The highest BCUT2D eigenvalue weighted by molar-refractivity contribution is 14.1. The fourth-order valence-electron chi connectivity index (χ4n) is 1.32. The van der Waals surface area contributed by atoms with E-state index in [1.54, 1.807) is 11.3 Å². The molecule has 0 unspecified atom stereocenters. The Morgan fingerprint density at radius 1 is 1.25 bits per heavy atom. The summed E-state index contributed by atoms with van der Waals surface area (Å²) in [5, 5.41) is 10.5. The van der Waals surface area contributed by atoms with E-state index in [2.05, 4.69) is 44.9 Å². The molecule has 1 heterocycles. The zero-order valence-electron chi connectivity index (χ0n) is 8.49. The van der Waals surface area contributed by atoms with E-state index in [-0.39, 0.29) is 0 Å². The third kappa shape index (κ3) is 2.93. The third-order valence-corrected chi connectivity index (χ3v) is 4.32. The Morgan fingerprint density at radius 2 is 2.06 bits per heavy atom. The monoisotopic (exact) mass is 364 g/mol. The van der Waals surface area contributed by atoms with Crippen LogP contribution < -0.4 is 0 Å². The average molecular weight is 365 g/mol. The molecule has 0 bridgehead atoms. The van der Waals surface area contributed by atoms with Crippen LogP contribution in [0.1, 0.15) is 11.4 Å². The van der Waals surface area contributed by atoms with E-state index in [0.717, 1.165) is 28.4 Å². The van der Waals surface area contributed by atoms with Gasteiger partial charge in [-0.3, -0.25) is 0 Å². The summed E-state index contributed by atoms with van der Waals surface area (Å²) in [5.74, 6) is 0.678. The van der Waals surface area contributed by atoms with Crippen LogP contribution >= 0.6 is 45.5 Å². The minimum absolute atomic E-state index is 0.678. The number of benzene rings is 1. The molecule has 2 aromatic rings. The first-order chi connectivity index (χ1) is 7.81. The standard InChI is InChI=1S/C11H10ClIN2S/c12-7-3-6-10-14-15-11(16-10)8-4-1-2-5-9(8)13/h1-2,4-5H,3,6-7H2. The molecular weight excluding hydrogens is 355 g/mol. The number of aromatic nitrogens is 2. The van der Waals surface area contributed by atoms with Gasteiger partial charge in [-0.25, -0.2) is 0 Å². The van der Waals surface area contributed by atoms with Gasteiger partial charge in [-0.05, 0) is 35.1 Å². The van der Waals surface area contributed by atoms with Gasteiger partial charge in [-0.1, -0.05) is 29.5 Å². The molecule has 0 atom stereocenters. The third-order valence-electron chi connectivity index (χ3n) is 2.10. The van der Waals surface area contributed by atoms with Crippen molar-refractivity contribution >= 4 is 45.5 Å². The number of hydrogen-bond donors (Lipinski definition) is 0. The first kappa shape index (κ1) is 12.3. The van der Waals surface area contributed by atoms with Crippen molar-refractivity contribution in [2.24, 2.45) is 0 Å². The number of hydrogen-bond acceptors (Lipinski definition) is 3. The van der Waals surface area contributed by atoms with Crippen LogP contribution in [-0.4, -0.2) is 16.1 Å². The molecule has 0 fully saturated rings. The van der Waals surface area contributed by atoms with Crippen LogP contribution in [0.15, 0.2) is 24.3 Å². The molecule has 0 aliphatic heterocycles. The largest absolute Gasteiger partial charge is 0.148 e. The summed E-state index contributed by atoms with van der Waals surface area (Å²) in [6.45, 7) is 0. The molecule has 0 aliphatic rings. The lowest BCUT2D eigenvalue weighted by Gasteiger charge is -1.97. The van der Waals surface area contributed by atoms with Gasteiger partial charge in [-0.2, -0.15) is 0 Å². The maximum atomic E-state index is 5.66. The van der Waals surface area contributed by atoms with E-state index < -0.39 is 0 Å². The van der Waals surface area contributed by atoms with E-state index in [1.807, 2.05) is 12.1 Å². The Labute approximate surface area is 117 Å². The van der Waals surface area contributed by atoms with Crippen LogP contribution in [0.2, 0.25) is 0 Å². The van der Waals surface area contributed by atoms with Crippen LogP contribution in [0, 0.1) is 3.57 Å². The number of alkyl halides is 1. The summed E-state index contributed by atoms with van der Waals surface area (Å²) in [6, 6.07) is 8.21. The lowest BCUT2D eigenvalue weighted by Crippen LogP contribution is -1.84. The molecule has 0 saturated heterocycles. The van der Waals surface area contributed by atoms with Gasteiger partial charge in [0.25, 0.3) is 0 Å². The van der Waals surface area contributed by atoms with Crippen LogP contribution in [0.25, 0.3) is 10.6 Å². The van der Waals surface area contributed by atoms with Crippen molar-refractivity contribution in [2.45, 2.75) is 12.8 Å². The predicted molar refractivity (Wildman–Crippen MR) is 77.1 cm³/mol. The molecule has 0 amide bonds. The van der Waals surface area contributed by atoms with Crippen molar-refractivity contribution in [3.05, 3.63) is 32.8 Å². The second kappa shape index (κ2) is 5.93. The molecule has 1 aromatic carbocycles. The minimum Gasteiger partial charge on any atom is -0.143 e. The highest BCUT2D eigenvalue weighted by Crippen LogP contribution is 2.28. The van der Waals surface area contributed by atoms with Gasteiger partial charge in [0.15, 0.2) is 0 Å². The van der Waals surface area contributed by atoms with Crippen molar-refractivity contribution in [3.63, 3.8) is 0 Å². The highest BCUT2D eigenvalue weighted by atomic mass is 127. The molecule has 0 radical (unpaired) electrons. The zero-order chi connectivity index (χ0) is 11.4. The Kier molecular flexibility index (Phi) is 4.55. The van der Waals surface area contributed by atoms with Crippen molar-refractivity contribution in [1.82, 2.24) is 10.2 Å². The van der Waals surface area contributed by atoms with Crippen molar-refractivity contribution in [1.29, 1.82) is 0 Å². The van der Waals surface area contributed by atoms with Crippen LogP contribution in [0.4, 0.5) is 0 Å². The van der Waals surface area contributed by atoms with Crippen molar-refractivity contribution in [3.8, 4) is 10.6 Å². The summed E-state index contributed by atoms with van der Waals surface area (Å²) >= 11 is 9.63. The van der Waals surface area contributed by atoms with Gasteiger partial charge in [-0.15, -0.1) is 21.8 Å². The van der Waals surface area contributed by atoms with Gasteiger partial charge >= 0.3 is 0 Å². The molecule has 0 aliphatic carbocycles. The molecule has 16 heavy (non-hydrogen) atoms. The summed E-state index contributed by atoms with van der Waals surface area (Å²) in [6.07, 6.45) is 1.88. The molecule has 2 nitrogen and oxygen atoms in total. The summed E-state index contributed by atoms with van der Waals surface area (Å²) in [4.78, 5) is 0. The Balaban J connectivity index is 2.22. The minimum atomic E-state index is 0.678. The summed E-state index contributed by atoms with van der Waals surface area (Å²) < 4.78 is 1.21. The van der Waals surface area contributed by atoms with Crippen molar-refractivity contribution < 1.29 is 0 Å². The average Bonchev–Trinajstić information content (AvgIpc) is 2.75. The van der Waals surface area contributed by atoms with Gasteiger partial charge < -0.3 is 0 Å². The van der Waals surface area contributed by atoms with E-state index in [9.17, 15) is 0 Å². The lowest BCUT2D eigenvalue weighted by molar-refractivity contribution is 0.884. The van der Waals surface area contributed by atoms with Gasteiger partial charge in [0.2, 0.25) is 0 Å². The molecule has 0 saturated carbocycles. The predicted octanol–water partition coefficient (Wildman–Crippen LogP) is 3.98. The number of aryl methyl sites for hydroxylation is 1. The molecular formula is C11H10ClIN2S. The summed E-state index contributed by atoms with van der Waals surface area (Å²) in [5.41, 5.74) is 1.16. The van der Waals surface area contributed by atoms with E-state index >= 15 is 0 Å². The fraction of sp³-hybridized carbons (Fsp3) is 0.273. The molecule has 2 rings (SSSR count). The molecule has 5 heteroatoms. The molecule has 1 aromatic heterocycles. The SMILES string of the molecule is ClCCCc1nnc(-c2ccccc2I)s1. The zero-order valence-corrected chi connectivity index (χ0v) is 12.2. The normalized spacial score (nSPS) is 10.6. The number of halogens is 2. The van der Waals surface area contributed by atoms with Crippen molar-refractivity contribution in [2.75, 3.05) is 5.88 Å². The second-order valence-corrected chi connectivity index (χ2v) is 5.88. The Morgan fingerprint density at radius 3 is 2.81 bits per heavy atom. The Hall–Kier alpha value is -0.200. The van der Waals surface area contributed by atoms with E-state index in [0.29, 0.717) is 5.88 Å². The topological polar surface area (TPSA) is 25.8 Å². The lowest BCUT2D eigenvalue weighted by atomic mass is 10.2. The highest BCUT2D eigenvalue weighted by Gasteiger charge is 2.08. The molecule has 84 valence electrons. The Bertz CT molecular complexity index is 473. The first-order valence-corrected chi connectivity index (χ1v) is 7.37. The van der Waals surface area contributed by atoms with Gasteiger partial charge in [0, 0.05) is 21.4 Å². The van der Waals surface area contributed by atoms with Gasteiger partial charge in [0.1, 0.15) is 10.0 Å². The second-order valence-electron chi connectivity index (χ2n) is 3.27. The van der Waals surface area contributed by atoms with E-state index in [4.69, 9.17) is 11.6 Å². The van der Waals surface area contributed by atoms with Crippen LogP contribution in [0.3, 0.4) is 0 Å². The molecule has 0 N–H and O–H groups in total. The van der Waals surface area contributed by atoms with E-state index in [1.165, 1.54) is 3.57 Å². The van der Waals surface area contributed by atoms with Crippen LogP contribution in [-0.2, 0) is 6.42 Å². The van der Waals surface area contributed by atoms with Gasteiger partial charge in [0.05, 0.1) is 0 Å².